The topological polar surface area (TPSA) is 81.5 Å². The fraction of sp³-hybridized carbons (Fsp3) is 0.0625. The predicted molar refractivity (Wildman–Crippen MR) is 93.8 cm³/mol. The molecule has 0 bridgehead atoms. The molecule has 1 N–H and O–H groups in total. The third-order valence-corrected chi connectivity index (χ3v) is 3.59. The minimum Gasteiger partial charge on any atom is -0.495 e. The van der Waals surface area contributed by atoms with Crippen LogP contribution in [0.15, 0.2) is 42.5 Å². The Bertz CT molecular complexity index is 822. The van der Waals surface area contributed by atoms with Crippen molar-refractivity contribution in [2.24, 2.45) is 0 Å². The SMILES string of the molecule is COc1ccc([N+](=O)[O-])cc1NC(=O)/C=C/c1ccc(Cl)cc1Cl. The second kappa shape index (κ2) is 7.81. The summed E-state index contributed by atoms with van der Waals surface area (Å²) in [5, 5.41) is 14.3. The number of carbonyl (C=O) groups excluding carboxylic acids is 1. The van der Waals surface area contributed by atoms with Gasteiger partial charge in [0.05, 0.1) is 17.7 Å². The van der Waals surface area contributed by atoms with E-state index >= 15 is 0 Å². The highest BCUT2D eigenvalue weighted by Crippen LogP contribution is 2.29. The first kappa shape index (κ1) is 17.8. The molecule has 1 amide bonds. The number of nitrogens with zero attached hydrogens (tertiary/aromatic N) is 1. The number of nitro groups is 1. The molecule has 0 aliphatic heterocycles. The Morgan fingerprint density at radius 3 is 2.62 bits per heavy atom. The first-order chi connectivity index (χ1) is 11.4. The van der Waals surface area contributed by atoms with E-state index in [-0.39, 0.29) is 11.4 Å². The Hall–Kier alpha value is -2.57. The van der Waals surface area contributed by atoms with Crippen molar-refractivity contribution in [1.82, 2.24) is 0 Å². The van der Waals surface area contributed by atoms with Crippen LogP contribution in [0.4, 0.5) is 11.4 Å². The van der Waals surface area contributed by atoms with Crippen LogP contribution >= 0.6 is 23.2 Å². The molecule has 124 valence electrons. The van der Waals surface area contributed by atoms with Crippen LogP contribution in [-0.4, -0.2) is 17.9 Å². The van der Waals surface area contributed by atoms with E-state index in [0.717, 1.165) is 0 Å². The summed E-state index contributed by atoms with van der Waals surface area (Å²) in [6.45, 7) is 0. The lowest BCUT2D eigenvalue weighted by Crippen LogP contribution is -2.09. The summed E-state index contributed by atoms with van der Waals surface area (Å²) < 4.78 is 5.08. The molecule has 0 aliphatic carbocycles. The highest BCUT2D eigenvalue weighted by molar-refractivity contribution is 6.35. The molecule has 0 aliphatic rings. The van der Waals surface area contributed by atoms with Gasteiger partial charge in [0.2, 0.25) is 5.91 Å². The third-order valence-electron chi connectivity index (χ3n) is 3.03. The highest BCUT2D eigenvalue weighted by atomic mass is 35.5. The van der Waals surface area contributed by atoms with Crippen LogP contribution in [0.1, 0.15) is 5.56 Å². The monoisotopic (exact) mass is 366 g/mol. The lowest BCUT2D eigenvalue weighted by atomic mass is 10.2. The van der Waals surface area contributed by atoms with Gasteiger partial charge in [0.25, 0.3) is 5.69 Å². The smallest absolute Gasteiger partial charge is 0.271 e. The number of amides is 1. The maximum atomic E-state index is 12.0. The molecule has 0 aromatic heterocycles. The summed E-state index contributed by atoms with van der Waals surface area (Å²) in [6, 6.07) is 8.80. The van der Waals surface area contributed by atoms with Gasteiger partial charge in [-0.1, -0.05) is 29.3 Å². The minimum atomic E-state index is -0.557. The lowest BCUT2D eigenvalue weighted by Gasteiger charge is -2.08. The van der Waals surface area contributed by atoms with Gasteiger partial charge < -0.3 is 10.1 Å². The summed E-state index contributed by atoms with van der Waals surface area (Å²) >= 11 is 11.8. The van der Waals surface area contributed by atoms with Crippen molar-refractivity contribution in [3.05, 3.63) is 68.2 Å². The molecule has 2 rings (SSSR count). The number of carbonyl (C=O) groups is 1. The van der Waals surface area contributed by atoms with Crippen molar-refractivity contribution >= 4 is 46.6 Å². The zero-order valence-corrected chi connectivity index (χ0v) is 14.0. The number of halogens is 2. The van der Waals surface area contributed by atoms with Gasteiger partial charge in [-0.05, 0) is 29.8 Å². The minimum absolute atomic E-state index is 0.157. The number of benzene rings is 2. The first-order valence-electron chi connectivity index (χ1n) is 6.67. The second-order valence-corrected chi connectivity index (χ2v) is 5.47. The molecule has 2 aromatic rings. The molecule has 0 fully saturated rings. The number of ether oxygens (including phenoxy) is 1. The maximum Gasteiger partial charge on any atom is 0.271 e. The van der Waals surface area contributed by atoms with Crippen LogP contribution in [0.2, 0.25) is 10.0 Å². The maximum absolute atomic E-state index is 12.0. The molecule has 0 saturated carbocycles. The number of non-ortho nitro benzene ring substituents is 1. The highest BCUT2D eigenvalue weighted by Gasteiger charge is 2.12. The third kappa shape index (κ3) is 4.47. The van der Waals surface area contributed by atoms with E-state index in [1.54, 1.807) is 18.2 Å². The first-order valence-corrected chi connectivity index (χ1v) is 7.43. The average molecular weight is 367 g/mol. The molecular weight excluding hydrogens is 355 g/mol. The van der Waals surface area contributed by atoms with Crippen LogP contribution in [0, 0.1) is 10.1 Å². The Kier molecular flexibility index (Phi) is 5.78. The molecule has 0 unspecified atom stereocenters. The van der Waals surface area contributed by atoms with Gasteiger partial charge >= 0.3 is 0 Å². The summed E-state index contributed by atoms with van der Waals surface area (Å²) in [5.74, 6) is -0.174. The quantitative estimate of drug-likeness (QED) is 0.477. The van der Waals surface area contributed by atoms with Crippen molar-refractivity contribution in [1.29, 1.82) is 0 Å². The standard InChI is InChI=1S/C16H12Cl2N2O4/c1-24-15-6-5-12(20(22)23)9-14(15)19-16(21)7-3-10-2-4-11(17)8-13(10)18/h2-9H,1H3,(H,19,21)/b7-3+. The Labute approximate surface area is 147 Å². The van der Waals surface area contributed by atoms with Crippen LogP contribution in [0.3, 0.4) is 0 Å². The number of nitrogens with one attached hydrogen (secondary N) is 1. The second-order valence-electron chi connectivity index (χ2n) is 4.63. The van der Waals surface area contributed by atoms with E-state index in [0.29, 0.717) is 21.4 Å². The number of hydrogen-bond acceptors (Lipinski definition) is 4. The summed E-state index contributed by atoms with van der Waals surface area (Å²) in [7, 11) is 1.40. The number of hydrogen-bond donors (Lipinski definition) is 1. The van der Waals surface area contributed by atoms with Crippen LogP contribution in [0.25, 0.3) is 6.08 Å². The number of anilines is 1. The van der Waals surface area contributed by atoms with Gasteiger partial charge in [0.1, 0.15) is 5.75 Å². The molecule has 2 aromatic carbocycles. The Morgan fingerprint density at radius 1 is 1.25 bits per heavy atom. The molecule has 0 radical (unpaired) electrons. The molecule has 6 nitrogen and oxygen atoms in total. The largest absolute Gasteiger partial charge is 0.495 e. The van der Waals surface area contributed by atoms with E-state index < -0.39 is 10.8 Å². The summed E-state index contributed by atoms with van der Waals surface area (Å²) in [6.07, 6.45) is 2.77. The zero-order chi connectivity index (χ0) is 17.7. The van der Waals surface area contributed by atoms with Crippen LogP contribution in [-0.2, 0) is 4.79 Å². The van der Waals surface area contributed by atoms with Gasteiger partial charge in [0.15, 0.2) is 0 Å². The number of nitro benzene ring substituents is 1. The van der Waals surface area contributed by atoms with Gasteiger partial charge in [-0.3, -0.25) is 14.9 Å². The summed E-state index contributed by atoms with van der Waals surface area (Å²) in [5.41, 5.74) is 0.654. The molecular formula is C16H12Cl2N2O4. The zero-order valence-electron chi connectivity index (χ0n) is 12.5. The van der Waals surface area contributed by atoms with Crippen molar-refractivity contribution in [3.8, 4) is 5.75 Å². The van der Waals surface area contributed by atoms with Crippen molar-refractivity contribution in [2.75, 3.05) is 12.4 Å². The lowest BCUT2D eigenvalue weighted by molar-refractivity contribution is -0.384. The fourth-order valence-electron chi connectivity index (χ4n) is 1.88. The number of rotatable bonds is 5. The van der Waals surface area contributed by atoms with Gasteiger partial charge in [-0.2, -0.15) is 0 Å². The number of methoxy groups -OCH3 is 1. The molecule has 8 heteroatoms. The normalized spacial score (nSPS) is 10.6. The van der Waals surface area contributed by atoms with Crippen LogP contribution in [0.5, 0.6) is 5.75 Å². The van der Waals surface area contributed by atoms with Gasteiger partial charge in [-0.25, -0.2) is 0 Å². The van der Waals surface area contributed by atoms with Gasteiger partial charge in [-0.15, -0.1) is 0 Å². The Morgan fingerprint density at radius 2 is 2.00 bits per heavy atom. The average Bonchev–Trinajstić information content (AvgIpc) is 2.53. The van der Waals surface area contributed by atoms with E-state index in [4.69, 9.17) is 27.9 Å². The van der Waals surface area contributed by atoms with E-state index in [9.17, 15) is 14.9 Å². The molecule has 0 spiro atoms. The summed E-state index contributed by atoms with van der Waals surface area (Å²) in [4.78, 5) is 22.3. The van der Waals surface area contributed by atoms with Gasteiger partial charge in [0, 0.05) is 28.3 Å². The van der Waals surface area contributed by atoms with Crippen molar-refractivity contribution in [3.63, 3.8) is 0 Å². The van der Waals surface area contributed by atoms with E-state index in [1.807, 2.05) is 0 Å². The molecule has 0 heterocycles. The van der Waals surface area contributed by atoms with E-state index in [2.05, 4.69) is 5.32 Å². The molecule has 0 atom stereocenters. The van der Waals surface area contributed by atoms with Crippen LogP contribution < -0.4 is 10.1 Å². The van der Waals surface area contributed by atoms with Crippen molar-refractivity contribution in [2.45, 2.75) is 0 Å². The fourth-order valence-corrected chi connectivity index (χ4v) is 2.36. The predicted octanol–water partition coefficient (Wildman–Crippen LogP) is 4.56. The van der Waals surface area contributed by atoms with Crippen molar-refractivity contribution < 1.29 is 14.5 Å². The Balaban J connectivity index is 2.18. The molecule has 24 heavy (non-hydrogen) atoms. The molecule has 0 saturated heterocycles. The van der Waals surface area contributed by atoms with E-state index in [1.165, 1.54) is 37.5 Å².